The Morgan fingerprint density at radius 2 is 0.867 bits per heavy atom. The Labute approximate surface area is 277 Å². The summed E-state index contributed by atoms with van der Waals surface area (Å²) in [5.74, 6) is 0. The first-order chi connectivity index (χ1) is 26.9. The highest BCUT2D eigenvalue weighted by Crippen LogP contribution is 2.45. The van der Waals surface area contributed by atoms with Crippen LogP contribution in [0, 0.1) is 0 Å². The van der Waals surface area contributed by atoms with E-state index in [4.69, 9.17) is 14.0 Å². The Hall–Kier alpha value is -5.92. The lowest BCUT2D eigenvalue weighted by molar-refractivity contribution is 0.669. The minimum Gasteiger partial charge on any atom is -0.456 e. The molecule has 9 aromatic rings. The maximum Gasteiger partial charge on any atom is 0.135 e. The normalized spacial score (nSPS) is 15.0. The van der Waals surface area contributed by atoms with E-state index in [9.17, 15) is 5.48 Å². The lowest BCUT2D eigenvalue weighted by atomic mass is 9.85. The highest BCUT2D eigenvalue weighted by molar-refractivity contribution is 6.22. The van der Waals surface area contributed by atoms with E-state index in [0.29, 0.717) is 33.0 Å². The van der Waals surface area contributed by atoms with E-state index in [2.05, 4.69) is 0 Å². The summed E-state index contributed by atoms with van der Waals surface area (Å²) < 4.78 is 103. The van der Waals surface area contributed by atoms with Crippen LogP contribution >= 0.6 is 0 Å². The maximum atomic E-state index is 9.76. The molecule has 8 aromatic carbocycles. The van der Waals surface area contributed by atoms with Gasteiger partial charge in [0.25, 0.3) is 0 Å². The third kappa shape index (κ3) is 4.24. The molecule has 9 rings (SSSR count). The van der Waals surface area contributed by atoms with E-state index >= 15 is 0 Å². The molecule has 45 heavy (non-hydrogen) atoms. The number of fused-ring (bicyclic) bond motifs is 5. The van der Waals surface area contributed by atoms with E-state index < -0.39 is 18.1 Å². The molecule has 0 radical (unpaired) electrons. The SMILES string of the molecule is [2H]c1c([2H])c([2H])c(-c2cccc(-c3c4ccccc4c(-c4c([2H])c([2H])c5oc6c([2H])c([2H])c(-c7ccccc7)c([2H])c6c5c4[2H])c4ccccc34)c2)c([2H])c1[2H]. The molecule has 0 bridgehead atoms. The molecule has 0 aliphatic carbocycles. The van der Waals surface area contributed by atoms with Crippen LogP contribution in [0.4, 0.5) is 0 Å². The van der Waals surface area contributed by atoms with E-state index in [1.165, 1.54) is 0 Å². The molecule has 0 saturated carbocycles. The fourth-order valence-electron chi connectivity index (χ4n) is 6.20. The van der Waals surface area contributed by atoms with Gasteiger partial charge in [0.1, 0.15) is 11.2 Å². The van der Waals surface area contributed by atoms with Crippen LogP contribution in [0.3, 0.4) is 0 Å². The summed E-state index contributed by atoms with van der Waals surface area (Å²) in [5.41, 5.74) is 3.29. The van der Waals surface area contributed by atoms with Gasteiger partial charge >= 0.3 is 0 Å². The van der Waals surface area contributed by atoms with Crippen molar-refractivity contribution in [1.82, 2.24) is 0 Å². The summed E-state index contributed by atoms with van der Waals surface area (Å²) in [4.78, 5) is 0. The molecular formula is C44H28O. The average molecular weight is 584 g/mol. The van der Waals surface area contributed by atoms with E-state index in [1.54, 1.807) is 42.5 Å². The second-order valence-electron chi connectivity index (χ2n) is 10.8. The molecule has 1 heteroatoms. The van der Waals surface area contributed by atoms with Crippen LogP contribution in [0.1, 0.15) is 15.1 Å². The van der Waals surface area contributed by atoms with Gasteiger partial charge in [-0.05, 0) is 96.3 Å². The van der Waals surface area contributed by atoms with Crippen molar-refractivity contribution in [2.45, 2.75) is 0 Å². The molecule has 0 atom stereocenters. The number of furan rings is 1. The zero-order valence-electron chi connectivity index (χ0n) is 34.7. The standard InChI is InChI=1S/C44H28O/c1-3-12-29(13-4-1)31-16-11-17-33(26-31)43-35-18-7-9-20-37(35)44(38-21-10-8-19-36(38)43)34-23-25-42-40(28-34)39-27-32(22-24-41(39)45-42)30-14-5-2-6-15-30/h1-28H/i1D,3D,4D,12D,13D,22D,23D,24D,25D,27D,28D. The summed E-state index contributed by atoms with van der Waals surface area (Å²) in [7, 11) is 0. The number of benzene rings is 8. The van der Waals surface area contributed by atoms with Gasteiger partial charge in [0.2, 0.25) is 0 Å². The quantitative estimate of drug-likeness (QED) is 0.188. The summed E-state index contributed by atoms with van der Waals surface area (Å²) in [6.07, 6.45) is 0. The molecular weight excluding hydrogens is 544 g/mol. The minimum absolute atomic E-state index is 0.0851. The van der Waals surface area contributed by atoms with Gasteiger partial charge in [-0.25, -0.2) is 0 Å². The van der Waals surface area contributed by atoms with Crippen molar-refractivity contribution in [3.05, 3.63) is 170 Å². The summed E-state index contributed by atoms with van der Waals surface area (Å²) in [6.45, 7) is 0. The molecule has 1 heterocycles. The number of hydrogen-bond acceptors (Lipinski definition) is 1. The first kappa shape index (κ1) is 16.8. The van der Waals surface area contributed by atoms with E-state index in [1.807, 2.05) is 60.7 Å². The Balaban J connectivity index is 1.37. The molecule has 0 aliphatic heterocycles. The maximum absolute atomic E-state index is 9.76. The molecule has 0 saturated heterocycles. The van der Waals surface area contributed by atoms with Gasteiger partial charge in [-0.15, -0.1) is 0 Å². The van der Waals surface area contributed by atoms with Gasteiger partial charge in [0.15, 0.2) is 0 Å². The van der Waals surface area contributed by atoms with Crippen LogP contribution in [0.15, 0.2) is 174 Å². The van der Waals surface area contributed by atoms with Gasteiger partial charge in [0, 0.05) is 10.8 Å². The van der Waals surface area contributed by atoms with Gasteiger partial charge in [-0.3, -0.25) is 0 Å². The second kappa shape index (κ2) is 10.4. The molecule has 0 aliphatic rings. The predicted molar refractivity (Wildman–Crippen MR) is 190 cm³/mol. The molecule has 0 fully saturated rings. The first-order valence-electron chi connectivity index (χ1n) is 20.0. The zero-order chi connectivity index (χ0) is 39.3. The fraction of sp³-hybridized carbons (Fsp3) is 0. The highest BCUT2D eigenvalue weighted by atomic mass is 16.3. The lowest BCUT2D eigenvalue weighted by Crippen LogP contribution is -1.91. The monoisotopic (exact) mass is 583 g/mol. The smallest absolute Gasteiger partial charge is 0.135 e. The third-order valence-electron chi connectivity index (χ3n) is 8.19. The first-order valence-corrected chi connectivity index (χ1v) is 14.5. The van der Waals surface area contributed by atoms with Gasteiger partial charge in [-0.1, -0.05) is 139 Å². The Morgan fingerprint density at radius 3 is 1.51 bits per heavy atom. The van der Waals surface area contributed by atoms with Crippen molar-refractivity contribution < 1.29 is 19.5 Å². The van der Waals surface area contributed by atoms with Crippen molar-refractivity contribution in [3.8, 4) is 44.5 Å². The lowest BCUT2D eigenvalue weighted by Gasteiger charge is -2.18. The molecule has 0 amide bonds. The van der Waals surface area contributed by atoms with Crippen molar-refractivity contribution in [1.29, 1.82) is 0 Å². The van der Waals surface area contributed by atoms with Crippen molar-refractivity contribution in [3.63, 3.8) is 0 Å². The molecule has 1 nitrogen and oxygen atoms in total. The second-order valence-corrected chi connectivity index (χ2v) is 10.8. The summed E-state index contributed by atoms with van der Waals surface area (Å²) >= 11 is 0. The molecule has 210 valence electrons. The Kier molecular flexibility index (Phi) is 3.87. The van der Waals surface area contributed by atoms with E-state index in [0.717, 1.165) is 16.3 Å². The summed E-state index contributed by atoms with van der Waals surface area (Å²) in [5, 5.41) is 3.11. The predicted octanol–water partition coefficient (Wildman–Crippen LogP) is 12.6. The van der Waals surface area contributed by atoms with Gasteiger partial charge in [-0.2, -0.15) is 0 Å². The van der Waals surface area contributed by atoms with Crippen LogP contribution in [-0.2, 0) is 0 Å². The highest BCUT2D eigenvalue weighted by Gasteiger charge is 2.18. The number of hydrogen-bond donors (Lipinski definition) is 0. The fourth-order valence-corrected chi connectivity index (χ4v) is 6.20. The largest absolute Gasteiger partial charge is 0.456 e. The van der Waals surface area contributed by atoms with Gasteiger partial charge < -0.3 is 4.42 Å². The van der Waals surface area contributed by atoms with Crippen molar-refractivity contribution in [2.75, 3.05) is 0 Å². The van der Waals surface area contributed by atoms with Crippen LogP contribution in [0.2, 0.25) is 0 Å². The molecule has 0 unspecified atom stereocenters. The molecule has 1 aromatic heterocycles. The molecule has 0 N–H and O–H groups in total. The van der Waals surface area contributed by atoms with Crippen LogP contribution in [0.5, 0.6) is 0 Å². The molecule has 0 spiro atoms. The summed E-state index contributed by atoms with van der Waals surface area (Å²) in [6, 6.07) is 27.9. The van der Waals surface area contributed by atoms with Crippen LogP contribution in [0.25, 0.3) is 88.0 Å². The topological polar surface area (TPSA) is 13.1 Å². The van der Waals surface area contributed by atoms with E-state index in [-0.39, 0.29) is 87.0 Å². The van der Waals surface area contributed by atoms with Crippen LogP contribution < -0.4 is 0 Å². The van der Waals surface area contributed by atoms with Crippen LogP contribution in [-0.4, -0.2) is 0 Å². The zero-order valence-corrected chi connectivity index (χ0v) is 23.7. The minimum atomic E-state index is -0.468. The van der Waals surface area contributed by atoms with Gasteiger partial charge in [0.05, 0.1) is 15.1 Å². The number of rotatable bonds is 4. The van der Waals surface area contributed by atoms with Crippen molar-refractivity contribution >= 4 is 43.5 Å². The van der Waals surface area contributed by atoms with Crippen molar-refractivity contribution in [2.24, 2.45) is 0 Å². The Morgan fingerprint density at radius 1 is 0.356 bits per heavy atom. The third-order valence-corrected chi connectivity index (χ3v) is 8.19. The Bertz CT molecular complexity index is 3070. The average Bonchev–Trinajstić information content (AvgIpc) is 3.63.